The Hall–Kier alpha value is -1.96. The number of hydrogen-bond donors (Lipinski definition) is 2. The van der Waals surface area contributed by atoms with Gasteiger partial charge in [0.1, 0.15) is 0 Å². The highest BCUT2D eigenvalue weighted by atomic mass is 35.5. The summed E-state index contributed by atoms with van der Waals surface area (Å²) in [6.07, 6.45) is 2.93. The Morgan fingerprint density at radius 3 is 2.83 bits per heavy atom. The molecule has 7 nitrogen and oxygen atoms in total. The second-order valence-electron chi connectivity index (χ2n) is 5.84. The van der Waals surface area contributed by atoms with Gasteiger partial charge in [0.15, 0.2) is 5.60 Å². The van der Waals surface area contributed by atoms with Gasteiger partial charge >= 0.3 is 0 Å². The van der Waals surface area contributed by atoms with Gasteiger partial charge in [0.2, 0.25) is 0 Å². The number of aromatic nitrogens is 3. The van der Waals surface area contributed by atoms with E-state index >= 15 is 0 Å². The molecule has 0 saturated carbocycles. The molecule has 1 aliphatic rings. The second kappa shape index (κ2) is 6.27. The minimum Gasteiger partial charge on any atom is -0.379 e. The van der Waals surface area contributed by atoms with Crippen molar-refractivity contribution >= 4 is 17.5 Å². The molecule has 1 amide bonds. The maximum absolute atomic E-state index is 11.4. The molecule has 23 heavy (non-hydrogen) atoms. The van der Waals surface area contributed by atoms with Crippen molar-refractivity contribution in [1.29, 1.82) is 0 Å². The predicted octanol–water partition coefficient (Wildman–Crippen LogP) is 0.733. The molecule has 0 unspecified atom stereocenters. The zero-order chi connectivity index (χ0) is 16.4. The van der Waals surface area contributed by atoms with Gasteiger partial charge < -0.3 is 10.8 Å². The number of amides is 1. The Labute approximate surface area is 138 Å². The van der Waals surface area contributed by atoms with E-state index in [1.165, 1.54) is 0 Å². The Kier molecular flexibility index (Phi) is 4.34. The lowest BCUT2D eigenvalue weighted by molar-refractivity contribution is -0.142. The zero-order valence-corrected chi connectivity index (χ0v) is 13.3. The normalized spacial score (nSPS) is 22.2. The Morgan fingerprint density at radius 1 is 1.39 bits per heavy atom. The third-order valence-corrected chi connectivity index (χ3v) is 4.28. The summed E-state index contributed by atoms with van der Waals surface area (Å²) in [4.78, 5) is 13.4. The highest BCUT2D eigenvalue weighted by Crippen LogP contribution is 2.22. The van der Waals surface area contributed by atoms with Gasteiger partial charge in [-0.05, 0) is 43.7 Å². The lowest BCUT2D eigenvalue weighted by Gasteiger charge is -2.36. The van der Waals surface area contributed by atoms with Crippen LogP contribution < -0.4 is 5.73 Å². The first kappa shape index (κ1) is 15.9. The van der Waals surface area contributed by atoms with E-state index in [1.807, 2.05) is 23.2 Å². The van der Waals surface area contributed by atoms with Crippen LogP contribution in [0.1, 0.15) is 18.5 Å². The van der Waals surface area contributed by atoms with Gasteiger partial charge in [-0.1, -0.05) is 16.8 Å². The number of benzene rings is 1. The van der Waals surface area contributed by atoms with Crippen LogP contribution in [0.15, 0.2) is 30.5 Å². The van der Waals surface area contributed by atoms with Gasteiger partial charge in [0, 0.05) is 18.1 Å². The largest absolute Gasteiger partial charge is 0.379 e. The molecule has 2 aromatic rings. The summed E-state index contributed by atoms with van der Waals surface area (Å²) >= 11 is 5.87. The first-order valence-corrected chi connectivity index (χ1v) is 7.76. The molecule has 122 valence electrons. The molecule has 1 fully saturated rings. The van der Waals surface area contributed by atoms with Crippen LogP contribution in [-0.2, 0) is 11.3 Å². The molecule has 0 spiro atoms. The first-order chi connectivity index (χ1) is 11.0. The van der Waals surface area contributed by atoms with Crippen LogP contribution in [0.4, 0.5) is 0 Å². The molecule has 1 atom stereocenters. The van der Waals surface area contributed by atoms with Crippen molar-refractivity contribution in [2.24, 2.45) is 5.73 Å². The minimum atomic E-state index is -1.45. The summed E-state index contributed by atoms with van der Waals surface area (Å²) in [5.41, 5.74) is 5.46. The second-order valence-corrected chi connectivity index (χ2v) is 6.28. The number of β-amino-alcohol motifs (C(OH)–C–C–N with tert-alkyl or cyclic N) is 1. The molecule has 2 heterocycles. The van der Waals surface area contributed by atoms with E-state index in [4.69, 9.17) is 17.3 Å². The Bertz CT molecular complexity index is 702. The van der Waals surface area contributed by atoms with Crippen LogP contribution in [0.25, 0.3) is 5.69 Å². The monoisotopic (exact) mass is 335 g/mol. The number of halogens is 1. The maximum atomic E-state index is 11.4. The molecular weight excluding hydrogens is 318 g/mol. The summed E-state index contributed by atoms with van der Waals surface area (Å²) in [7, 11) is 0. The number of nitrogens with zero attached hydrogens (tertiary/aromatic N) is 4. The van der Waals surface area contributed by atoms with E-state index in [0.29, 0.717) is 24.4 Å². The van der Waals surface area contributed by atoms with Gasteiger partial charge in [-0.2, -0.15) is 0 Å². The molecule has 1 aromatic heterocycles. The number of piperidine rings is 1. The number of primary amides is 1. The van der Waals surface area contributed by atoms with Crippen molar-refractivity contribution in [2.45, 2.75) is 25.0 Å². The summed E-state index contributed by atoms with van der Waals surface area (Å²) in [5, 5.41) is 19.1. The number of carbonyl (C=O) groups is 1. The van der Waals surface area contributed by atoms with Crippen molar-refractivity contribution < 1.29 is 9.90 Å². The van der Waals surface area contributed by atoms with Crippen LogP contribution in [0.5, 0.6) is 0 Å². The van der Waals surface area contributed by atoms with Crippen molar-refractivity contribution in [3.8, 4) is 5.69 Å². The molecule has 1 saturated heterocycles. The average molecular weight is 336 g/mol. The van der Waals surface area contributed by atoms with Gasteiger partial charge in [0.25, 0.3) is 5.91 Å². The number of carbonyl (C=O) groups excluding carboxylic acids is 1. The molecular formula is C15H18ClN5O2. The smallest absolute Gasteiger partial charge is 0.250 e. The third-order valence-electron chi connectivity index (χ3n) is 4.03. The molecule has 0 bridgehead atoms. The summed E-state index contributed by atoms with van der Waals surface area (Å²) in [5.74, 6) is -0.674. The summed E-state index contributed by atoms with van der Waals surface area (Å²) in [6, 6.07) is 7.28. The first-order valence-electron chi connectivity index (χ1n) is 7.38. The minimum absolute atomic E-state index is 0.218. The number of aliphatic hydroxyl groups is 1. The van der Waals surface area contributed by atoms with Crippen molar-refractivity contribution in [2.75, 3.05) is 13.1 Å². The van der Waals surface area contributed by atoms with Gasteiger partial charge in [-0.25, -0.2) is 4.68 Å². The van der Waals surface area contributed by atoms with E-state index < -0.39 is 11.5 Å². The van der Waals surface area contributed by atoms with Crippen LogP contribution in [-0.4, -0.2) is 49.6 Å². The molecule has 3 N–H and O–H groups in total. The molecule has 0 aliphatic carbocycles. The molecule has 0 radical (unpaired) electrons. The molecule has 3 rings (SSSR count). The number of hydrogen-bond acceptors (Lipinski definition) is 5. The van der Waals surface area contributed by atoms with Crippen molar-refractivity contribution in [3.63, 3.8) is 0 Å². The van der Waals surface area contributed by atoms with E-state index in [9.17, 15) is 9.90 Å². The molecule has 1 aromatic carbocycles. The van der Waals surface area contributed by atoms with Crippen LogP contribution in [0.2, 0.25) is 5.02 Å². The van der Waals surface area contributed by atoms with Gasteiger partial charge in [-0.3, -0.25) is 9.69 Å². The van der Waals surface area contributed by atoms with Gasteiger partial charge in [-0.15, -0.1) is 5.10 Å². The summed E-state index contributed by atoms with van der Waals surface area (Å²) in [6.45, 7) is 1.50. The highest BCUT2D eigenvalue weighted by molar-refractivity contribution is 6.30. The Balaban J connectivity index is 1.69. The highest BCUT2D eigenvalue weighted by Gasteiger charge is 2.38. The van der Waals surface area contributed by atoms with Crippen molar-refractivity contribution in [1.82, 2.24) is 19.9 Å². The van der Waals surface area contributed by atoms with E-state index in [2.05, 4.69) is 10.3 Å². The number of rotatable bonds is 4. The van der Waals surface area contributed by atoms with Crippen molar-refractivity contribution in [3.05, 3.63) is 41.2 Å². The lowest BCUT2D eigenvalue weighted by Crippen LogP contribution is -2.55. The van der Waals surface area contributed by atoms with Crippen LogP contribution >= 0.6 is 11.6 Å². The third kappa shape index (κ3) is 3.52. The molecule has 8 heteroatoms. The van der Waals surface area contributed by atoms with E-state index in [1.54, 1.807) is 16.8 Å². The predicted molar refractivity (Wildman–Crippen MR) is 85.0 cm³/mol. The zero-order valence-electron chi connectivity index (χ0n) is 12.5. The quantitative estimate of drug-likeness (QED) is 0.858. The lowest BCUT2D eigenvalue weighted by atomic mass is 9.92. The fourth-order valence-electron chi connectivity index (χ4n) is 2.78. The SMILES string of the molecule is NC(=O)[C@]1(O)CCCN(Cc2cn(-c3ccc(Cl)cc3)nn2)C1. The maximum Gasteiger partial charge on any atom is 0.250 e. The number of likely N-dealkylation sites (tertiary alicyclic amines) is 1. The average Bonchev–Trinajstić information content (AvgIpc) is 2.96. The molecule has 1 aliphatic heterocycles. The standard InChI is InChI=1S/C15H18ClN5O2/c16-11-2-4-13(5-3-11)21-9-12(18-19-21)8-20-7-1-6-15(23,10-20)14(17)22/h2-5,9,23H,1,6-8,10H2,(H2,17,22)/t15-/m0/s1. The van der Waals surface area contributed by atoms with Crippen LogP contribution in [0.3, 0.4) is 0 Å². The van der Waals surface area contributed by atoms with E-state index in [0.717, 1.165) is 17.9 Å². The van der Waals surface area contributed by atoms with Gasteiger partial charge in [0.05, 0.1) is 17.6 Å². The Morgan fingerprint density at radius 2 is 2.13 bits per heavy atom. The topological polar surface area (TPSA) is 97.3 Å². The van der Waals surface area contributed by atoms with Crippen LogP contribution in [0, 0.1) is 0 Å². The number of nitrogens with two attached hydrogens (primary N) is 1. The van der Waals surface area contributed by atoms with E-state index in [-0.39, 0.29) is 6.54 Å². The fourth-order valence-corrected chi connectivity index (χ4v) is 2.91. The fraction of sp³-hybridized carbons (Fsp3) is 0.400. The summed E-state index contributed by atoms with van der Waals surface area (Å²) < 4.78 is 1.66.